The summed E-state index contributed by atoms with van der Waals surface area (Å²) in [5.74, 6) is 1.31. The normalized spacial score (nSPS) is 18.5. The van der Waals surface area contributed by atoms with Crippen LogP contribution in [0.2, 0.25) is 0 Å². The van der Waals surface area contributed by atoms with Crippen LogP contribution in [-0.4, -0.2) is 35.1 Å². The number of ketones is 1. The number of fused-ring (bicyclic) bond motifs is 4. The van der Waals surface area contributed by atoms with Crippen molar-refractivity contribution in [2.24, 2.45) is 10.7 Å². The summed E-state index contributed by atoms with van der Waals surface area (Å²) in [6.07, 6.45) is 3.90. The summed E-state index contributed by atoms with van der Waals surface area (Å²) in [4.78, 5) is 21.0. The van der Waals surface area contributed by atoms with Crippen molar-refractivity contribution < 1.29 is 19.4 Å². The van der Waals surface area contributed by atoms with Crippen LogP contribution < -0.4 is 10.5 Å². The van der Waals surface area contributed by atoms with Gasteiger partial charge in [0.1, 0.15) is 23.9 Å². The van der Waals surface area contributed by atoms with Crippen LogP contribution in [0.3, 0.4) is 0 Å². The van der Waals surface area contributed by atoms with Crippen molar-refractivity contribution in [3.8, 4) is 22.6 Å². The molecule has 3 aromatic rings. The zero-order valence-corrected chi connectivity index (χ0v) is 16.7. The molecule has 31 heavy (non-hydrogen) atoms. The first-order chi connectivity index (χ1) is 15.1. The van der Waals surface area contributed by atoms with Crippen molar-refractivity contribution in [2.45, 2.75) is 18.4 Å². The topological polar surface area (TPSA) is 107 Å². The smallest absolute Gasteiger partial charge is 0.283 e. The maximum absolute atomic E-state index is 12.1. The lowest BCUT2D eigenvalue weighted by molar-refractivity contribution is -0.119. The van der Waals surface area contributed by atoms with E-state index in [0.717, 1.165) is 27.8 Å². The zero-order chi connectivity index (χ0) is 21.4. The summed E-state index contributed by atoms with van der Waals surface area (Å²) in [6.45, 7) is 0.0860. The predicted molar refractivity (Wildman–Crippen MR) is 115 cm³/mol. The second-order valence-electron chi connectivity index (χ2n) is 7.67. The molecule has 0 saturated carbocycles. The molecule has 1 aromatic heterocycles. The molecule has 0 aliphatic carbocycles. The Balaban J connectivity index is 1.64. The van der Waals surface area contributed by atoms with Gasteiger partial charge in [-0.05, 0) is 41.5 Å². The number of nitrogens with zero attached hydrogens (tertiary/aromatic N) is 2. The Morgan fingerprint density at radius 3 is 2.61 bits per heavy atom. The van der Waals surface area contributed by atoms with Crippen molar-refractivity contribution in [3.05, 3.63) is 77.6 Å². The summed E-state index contributed by atoms with van der Waals surface area (Å²) in [5.41, 5.74) is 9.53. The van der Waals surface area contributed by atoms with Crippen LogP contribution in [0.5, 0.6) is 11.5 Å². The number of carbonyl (C=O) groups is 1. The molecular formula is C24H21N3O4. The number of hydrogen-bond acceptors (Lipinski definition) is 7. The minimum absolute atomic E-state index is 0.0295. The van der Waals surface area contributed by atoms with E-state index in [4.69, 9.17) is 25.3 Å². The molecule has 156 valence electrons. The number of ether oxygens (including phenoxy) is 2. The van der Waals surface area contributed by atoms with Crippen LogP contribution in [0, 0.1) is 0 Å². The fourth-order valence-corrected chi connectivity index (χ4v) is 4.17. The van der Waals surface area contributed by atoms with Gasteiger partial charge in [-0.25, -0.2) is 4.99 Å². The largest absolute Gasteiger partial charge is 0.462 e. The molecule has 1 spiro atoms. The van der Waals surface area contributed by atoms with Crippen LogP contribution in [0.15, 0.2) is 65.9 Å². The van der Waals surface area contributed by atoms with E-state index in [1.54, 1.807) is 12.4 Å². The van der Waals surface area contributed by atoms with E-state index in [1.165, 1.54) is 0 Å². The number of aromatic nitrogens is 1. The van der Waals surface area contributed by atoms with Crippen molar-refractivity contribution in [1.29, 1.82) is 0 Å². The molecule has 5 rings (SSSR count). The Morgan fingerprint density at radius 1 is 1.10 bits per heavy atom. The summed E-state index contributed by atoms with van der Waals surface area (Å²) in [5, 5.41) is 9.04. The highest BCUT2D eigenvalue weighted by Crippen LogP contribution is 2.51. The molecule has 2 aliphatic heterocycles. The number of hydrogen-bond donors (Lipinski definition) is 2. The van der Waals surface area contributed by atoms with Gasteiger partial charge in [-0.15, -0.1) is 0 Å². The number of amidine groups is 1. The average molecular weight is 415 g/mol. The predicted octanol–water partition coefficient (Wildman–Crippen LogP) is 2.94. The van der Waals surface area contributed by atoms with Gasteiger partial charge in [0.15, 0.2) is 5.54 Å². The van der Waals surface area contributed by atoms with Crippen LogP contribution in [0.25, 0.3) is 11.1 Å². The number of aliphatic hydroxyl groups is 1. The van der Waals surface area contributed by atoms with E-state index in [2.05, 4.69) is 4.98 Å². The molecular weight excluding hydrogens is 394 g/mol. The number of pyridine rings is 1. The summed E-state index contributed by atoms with van der Waals surface area (Å²) in [7, 11) is 0. The highest BCUT2D eigenvalue weighted by atomic mass is 16.5. The molecule has 2 aliphatic rings. The van der Waals surface area contributed by atoms with Gasteiger partial charge in [-0.1, -0.05) is 18.2 Å². The highest BCUT2D eigenvalue weighted by Gasteiger charge is 2.47. The summed E-state index contributed by atoms with van der Waals surface area (Å²) >= 11 is 0. The van der Waals surface area contributed by atoms with Crippen molar-refractivity contribution in [2.75, 3.05) is 13.2 Å². The van der Waals surface area contributed by atoms with Gasteiger partial charge >= 0.3 is 0 Å². The fourth-order valence-electron chi connectivity index (χ4n) is 4.17. The molecule has 2 aromatic carbocycles. The summed E-state index contributed by atoms with van der Waals surface area (Å²) in [6, 6.07) is 15.6. The van der Waals surface area contributed by atoms with Crippen LogP contribution >= 0.6 is 0 Å². The quantitative estimate of drug-likeness (QED) is 0.664. The first kappa shape index (κ1) is 19.3. The number of aliphatic hydroxyl groups excluding tert-OH is 1. The number of Topliss-reactive ketones (excluding diaryl/α,β-unsaturated/α-hetero) is 1. The minimum atomic E-state index is -0.860. The van der Waals surface area contributed by atoms with E-state index in [1.807, 2.05) is 48.5 Å². The molecule has 1 atom stereocenters. The molecule has 7 nitrogen and oxygen atoms in total. The lowest BCUT2D eigenvalue weighted by Gasteiger charge is -2.34. The van der Waals surface area contributed by atoms with Gasteiger partial charge in [0.25, 0.3) is 6.02 Å². The second kappa shape index (κ2) is 7.52. The molecule has 0 fully saturated rings. The second-order valence-corrected chi connectivity index (χ2v) is 7.67. The first-order valence-corrected chi connectivity index (χ1v) is 10.1. The third-order valence-electron chi connectivity index (χ3n) is 5.65. The number of carbonyl (C=O) groups excluding carboxylic acids is 1. The lowest BCUT2D eigenvalue weighted by Crippen LogP contribution is -2.31. The lowest BCUT2D eigenvalue weighted by atomic mass is 9.79. The molecule has 0 amide bonds. The Bertz CT molecular complexity index is 1190. The Labute approximate surface area is 179 Å². The average Bonchev–Trinajstić information content (AvgIpc) is 3.17. The Hall–Kier alpha value is -3.71. The summed E-state index contributed by atoms with van der Waals surface area (Å²) < 4.78 is 11.8. The SMILES string of the molecule is NC1=NC2(CO1)c1cc(CC(=O)CCO)ccc1Oc1ccc(-c3cccnc3)cc12. The standard InChI is InChI=1S/C24H21N3O4/c25-23-27-24(14-30-23)19-11-15(10-18(29)7-9-28)3-5-21(19)31-22-6-4-16(12-20(22)24)17-2-1-8-26-13-17/h1-6,8,11-13,28H,7,9-10,14H2,(H2,25,27). The van der Waals surface area contributed by atoms with Gasteiger partial charge in [-0.3, -0.25) is 9.78 Å². The monoisotopic (exact) mass is 415 g/mol. The number of nitrogens with two attached hydrogens (primary N) is 1. The van der Waals surface area contributed by atoms with Gasteiger partial charge in [-0.2, -0.15) is 0 Å². The van der Waals surface area contributed by atoms with Crippen molar-refractivity contribution in [1.82, 2.24) is 4.98 Å². The van der Waals surface area contributed by atoms with E-state index in [-0.39, 0.29) is 37.9 Å². The fraction of sp³-hybridized carbons (Fsp3) is 0.208. The number of rotatable bonds is 5. The molecule has 7 heteroatoms. The Kier molecular flexibility index (Phi) is 4.67. The molecule has 3 heterocycles. The number of aliphatic imine (C=N–C) groups is 1. The van der Waals surface area contributed by atoms with Crippen molar-refractivity contribution >= 4 is 11.8 Å². The van der Waals surface area contributed by atoms with Crippen LogP contribution in [0.1, 0.15) is 23.1 Å². The minimum Gasteiger partial charge on any atom is -0.462 e. The maximum Gasteiger partial charge on any atom is 0.283 e. The molecule has 1 unspecified atom stereocenters. The van der Waals surface area contributed by atoms with E-state index < -0.39 is 5.54 Å². The van der Waals surface area contributed by atoms with Gasteiger partial charge in [0.05, 0.1) is 0 Å². The molecule has 0 saturated heterocycles. The van der Waals surface area contributed by atoms with Crippen LogP contribution in [-0.2, 0) is 21.5 Å². The highest BCUT2D eigenvalue weighted by molar-refractivity contribution is 5.81. The van der Waals surface area contributed by atoms with E-state index in [0.29, 0.717) is 11.5 Å². The van der Waals surface area contributed by atoms with Crippen molar-refractivity contribution in [3.63, 3.8) is 0 Å². The Morgan fingerprint density at radius 2 is 1.90 bits per heavy atom. The van der Waals surface area contributed by atoms with Crippen LogP contribution in [0.4, 0.5) is 0 Å². The van der Waals surface area contributed by atoms with E-state index in [9.17, 15) is 4.79 Å². The molecule has 0 radical (unpaired) electrons. The first-order valence-electron chi connectivity index (χ1n) is 10.1. The maximum atomic E-state index is 12.1. The zero-order valence-electron chi connectivity index (χ0n) is 16.7. The van der Waals surface area contributed by atoms with E-state index >= 15 is 0 Å². The molecule has 0 bridgehead atoms. The van der Waals surface area contributed by atoms with Gasteiger partial charge < -0.3 is 20.3 Å². The van der Waals surface area contributed by atoms with Gasteiger partial charge in [0, 0.05) is 48.5 Å². The third kappa shape index (κ3) is 3.33. The third-order valence-corrected chi connectivity index (χ3v) is 5.65. The van der Waals surface area contributed by atoms with Gasteiger partial charge in [0.2, 0.25) is 0 Å². The molecule has 3 N–H and O–H groups in total. The number of benzene rings is 2.